The Morgan fingerprint density at radius 1 is 1.38 bits per heavy atom. The van der Waals surface area contributed by atoms with Crippen LogP contribution in [0.2, 0.25) is 0 Å². The zero-order valence-electron chi connectivity index (χ0n) is 12.3. The molecule has 5 heteroatoms. The Labute approximate surface area is 122 Å². The summed E-state index contributed by atoms with van der Waals surface area (Å²) in [7, 11) is 0. The molecule has 1 aromatic carbocycles. The molecule has 3 rings (SSSR count). The van der Waals surface area contributed by atoms with Gasteiger partial charge in [-0.25, -0.2) is 4.39 Å². The molecule has 0 spiro atoms. The first kappa shape index (κ1) is 14.2. The third kappa shape index (κ3) is 2.99. The van der Waals surface area contributed by atoms with Crippen LogP contribution < -0.4 is 4.90 Å². The summed E-state index contributed by atoms with van der Waals surface area (Å²) in [6, 6.07) is 4.47. The summed E-state index contributed by atoms with van der Waals surface area (Å²) in [4.78, 5) is 16.8. The number of benzene rings is 1. The smallest absolute Gasteiger partial charge is 0.219 e. The van der Waals surface area contributed by atoms with Gasteiger partial charge in [0.25, 0.3) is 0 Å². The number of hydrogen-bond acceptors (Lipinski definition) is 2. The number of rotatable bonds is 3. The average molecular weight is 291 g/mol. The van der Waals surface area contributed by atoms with Crippen LogP contribution >= 0.6 is 0 Å². The molecule has 0 aliphatic carbocycles. The predicted molar refractivity (Wildman–Crippen MR) is 78.2 cm³/mol. The number of Topliss-reactive ketones (excluding diaryl/α,β-unsaturated/α-hetero) is 1. The average Bonchev–Trinajstić information content (AvgIpc) is 2.80. The van der Waals surface area contributed by atoms with Crippen LogP contribution in [0.1, 0.15) is 24.2 Å². The molecule has 4 nitrogen and oxygen atoms in total. The highest BCUT2D eigenvalue weighted by atomic mass is 19.1. The topological polar surface area (TPSA) is 46.5 Å². The van der Waals surface area contributed by atoms with Crippen molar-refractivity contribution in [1.82, 2.24) is 4.98 Å². The Kier molecular flexibility index (Phi) is 3.78. The van der Waals surface area contributed by atoms with Gasteiger partial charge in [-0.15, -0.1) is 0 Å². The van der Waals surface area contributed by atoms with Crippen LogP contribution in [0.4, 0.5) is 4.39 Å². The van der Waals surface area contributed by atoms with Crippen LogP contribution in [0.5, 0.6) is 0 Å². The molecule has 2 heterocycles. The molecule has 21 heavy (non-hydrogen) atoms. The lowest BCUT2D eigenvalue weighted by Gasteiger charge is -2.31. The van der Waals surface area contributed by atoms with Gasteiger partial charge in [-0.05, 0) is 32.0 Å². The second-order valence-corrected chi connectivity index (χ2v) is 5.91. The van der Waals surface area contributed by atoms with E-state index in [2.05, 4.69) is 4.98 Å². The highest BCUT2D eigenvalue weighted by molar-refractivity contribution is 6.08. The summed E-state index contributed by atoms with van der Waals surface area (Å²) in [5.41, 5.74) is 1.36. The molecule has 1 aliphatic heterocycles. The van der Waals surface area contributed by atoms with Gasteiger partial charge in [0.2, 0.25) is 5.78 Å². The lowest BCUT2D eigenvalue weighted by molar-refractivity contribution is -0.906. The maximum absolute atomic E-state index is 13.4. The van der Waals surface area contributed by atoms with E-state index in [4.69, 9.17) is 4.74 Å². The minimum atomic E-state index is -0.322. The van der Waals surface area contributed by atoms with E-state index in [1.165, 1.54) is 17.0 Å². The number of carbonyl (C=O) groups is 1. The van der Waals surface area contributed by atoms with E-state index < -0.39 is 0 Å². The Bertz CT molecular complexity index is 657. The lowest BCUT2D eigenvalue weighted by atomic mass is 10.1. The number of nitrogens with one attached hydrogen (secondary N) is 2. The second kappa shape index (κ2) is 5.58. The Balaban J connectivity index is 1.79. The minimum Gasteiger partial charge on any atom is -0.364 e. The first-order valence-electron chi connectivity index (χ1n) is 7.32. The minimum absolute atomic E-state index is 0.0446. The number of quaternary nitrogens is 1. The van der Waals surface area contributed by atoms with Crippen molar-refractivity contribution in [2.45, 2.75) is 26.1 Å². The van der Waals surface area contributed by atoms with Gasteiger partial charge >= 0.3 is 0 Å². The summed E-state index contributed by atoms with van der Waals surface area (Å²) in [6.45, 7) is 6.13. The van der Waals surface area contributed by atoms with Crippen LogP contribution in [0.15, 0.2) is 24.4 Å². The third-order valence-electron chi connectivity index (χ3n) is 3.97. The second-order valence-electron chi connectivity index (χ2n) is 5.91. The van der Waals surface area contributed by atoms with Crippen LogP contribution in [0.3, 0.4) is 0 Å². The number of halogens is 1. The van der Waals surface area contributed by atoms with Crippen molar-refractivity contribution in [2.75, 3.05) is 19.6 Å². The lowest BCUT2D eigenvalue weighted by Crippen LogP contribution is -3.16. The fourth-order valence-electron chi connectivity index (χ4n) is 3.18. The largest absolute Gasteiger partial charge is 0.364 e. The Morgan fingerprint density at radius 2 is 2.10 bits per heavy atom. The molecule has 2 aromatic rings. The quantitative estimate of drug-likeness (QED) is 0.834. The van der Waals surface area contributed by atoms with Crippen LogP contribution in [-0.2, 0) is 4.74 Å². The van der Waals surface area contributed by atoms with Crippen molar-refractivity contribution in [3.8, 4) is 0 Å². The van der Waals surface area contributed by atoms with E-state index in [9.17, 15) is 9.18 Å². The Hall–Kier alpha value is -1.72. The SMILES string of the molecule is C[C@@H]1C[NH+](CC(=O)c2c[nH]c3ccc(F)cc23)C[C@H](C)O1. The maximum atomic E-state index is 13.4. The Morgan fingerprint density at radius 3 is 2.81 bits per heavy atom. The number of hydrogen-bond donors (Lipinski definition) is 2. The maximum Gasteiger partial charge on any atom is 0.219 e. The van der Waals surface area contributed by atoms with Gasteiger partial charge in [0.15, 0.2) is 0 Å². The highest BCUT2D eigenvalue weighted by Crippen LogP contribution is 2.19. The number of aromatic amines is 1. The number of ether oxygens (including phenoxy) is 1. The fourth-order valence-corrected chi connectivity index (χ4v) is 3.18. The zero-order chi connectivity index (χ0) is 15.0. The van der Waals surface area contributed by atoms with Crippen molar-refractivity contribution >= 4 is 16.7 Å². The van der Waals surface area contributed by atoms with Crippen LogP contribution in [0.25, 0.3) is 10.9 Å². The summed E-state index contributed by atoms with van der Waals surface area (Å²) in [6.07, 6.45) is 2.01. The highest BCUT2D eigenvalue weighted by Gasteiger charge is 2.28. The first-order valence-corrected chi connectivity index (χ1v) is 7.32. The normalized spacial score (nSPS) is 26.1. The van der Waals surface area contributed by atoms with Gasteiger partial charge in [0.05, 0.1) is 0 Å². The molecule has 2 N–H and O–H groups in total. The van der Waals surface area contributed by atoms with E-state index in [-0.39, 0.29) is 23.8 Å². The molecular formula is C16H20FN2O2+. The predicted octanol–water partition coefficient (Wildman–Crippen LogP) is 1.18. The molecule has 112 valence electrons. The van der Waals surface area contributed by atoms with E-state index in [0.29, 0.717) is 17.5 Å². The molecule has 0 amide bonds. The molecule has 3 atom stereocenters. The van der Waals surface area contributed by atoms with E-state index in [1.54, 1.807) is 12.3 Å². The van der Waals surface area contributed by atoms with Gasteiger partial charge in [-0.1, -0.05) is 0 Å². The van der Waals surface area contributed by atoms with E-state index in [0.717, 1.165) is 18.6 Å². The molecule has 1 unspecified atom stereocenters. The van der Waals surface area contributed by atoms with Crippen molar-refractivity contribution in [3.05, 3.63) is 35.8 Å². The number of ketones is 1. The van der Waals surface area contributed by atoms with Gasteiger partial charge in [0, 0.05) is 22.7 Å². The zero-order valence-corrected chi connectivity index (χ0v) is 12.3. The number of aromatic nitrogens is 1. The molecule has 1 saturated heterocycles. The summed E-state index contributed by atoms with van der Waals surface area (Å²) in [5.74, 6) is -0.278. The number of H-pyrrole nitrogens is 1. The standard InChI is InChI=1S/C16H19FN2O2/c1-10-7-19(8-11(2)21-10)9-16(20)14-6-18-15-4-3-12(17)5-13(14)15/h3-6,10-11,18H,7-9H2,1-2H3/p+1/t10-,11+. The molecule has 1 aliphatic rings. The van der Waals surface area contributed by atoms with Crippen molar-refractivity contribution in [2.24, 2.45) is 0 Å². The summed E-state index contributed by atoms with van der Waals surface area (Å²) in [5, 5.41) is 0.661. The fraction of sp³-hybridized carbons (Fsp3) is 0.438. The van der Waals surface area contributed by atoms with Crippen LogP contribution in [0, 0.1) is 5.82 Å². The van der Waals surface area contributed by atoms with Gasteiger partial charge in [-0.3, -0.25) is 4.79 Å². The van der Waals surface area contributed by atoms with Gasteiger partial charge in [-0.2, -0.15) is 0 Å². The monoisotopic (exact) mass is 291 g/mol. The van der Waals surface area contributed by atoms with Crippen molar-refractivity contribution in [3.63, 3.8) is 0 Å². The number of morpholine rings is 1. The van der Waals surface area contributed by atoms with Gasteiger partial charge < -0.3 is 14.6 Å². The molecule has 0 bridgehead atoms. The summed E-state index contributed by atoms with van der Waals surface area (Å²) >= 11 is 0. The molecule has 1 aromatic heterocycles. The number of fused-ring (bicyclic) bond motifs is 1. The van der Waals surface area contributed by atoms with E-state index >= 15 is 0 Å². The molecular weight excluding hydrogens is 271 g/mol. The molecule has 0 saturated carbocycles. The summed E-state index contributed by atoms with van der Waals surface area (Å²) < 4.78 is 19.1. The van der Waals surface area contributed by atoms with Crippen molar-refractivity contribution < 1.29 is 18.8 Å². The van der Waals surface area contributed by atoms with Crippen molar-refractivity contribution in [1.29, 1.82) is 0 Å². The first-order chi connectivity index (χ1) is 10.0. The third-order valence-corrected chi connectivity index (χ3v) is 3.97. The molecule has 0 radical (unpaired) electrons. The van der Waals surface area contributed by atoms with Crippen LogP contribution in [-0.4, -0.2) is 42.6 Å². The van der Waals surface area contributed by atoms with Gasteiger partial charge in [0.1, 0.15) is 37.7 Å². The number of carbonyl (C=O) groups excluding carboxylic acids is 1. The molecule has 1 fully saturated rings. The van der Waals surface area contributed by atoms with E-state index in [1.807, 2.05) is 13.8 Å².